The Kier molecular flexibility index (Phi) is 2.46. The second-order valence-electron chi connectivity index (χ2n) is 6.20. The van der Waals surface area contributed by atoms with Crippen LogP contribution in [0, 0.1) is 0 Å². The van der Waals surface area contributed by atoms with Crippen LogP contribution in [0.4, 0.5) is 0 Å². The van der Waals surface area contributed by atoms with E-state index < -0.39 is 0 Å². The fourth-order valence-electron chi connectivity index (χ4n) is 4.20. The largest absolute Gasteiger partial charge is 0.330 e. The summed E-state index contributed by atoms with van der Waals surface area (Å²) in [6.45, 7) is 2.20. The lowest BCUT2D eigenvalue weighted by atomic mass is 9.78. The molecule has 0 spiro atoms. The lowest BCUT2D eigenvalue weighted by Gasteiger charge is -2.53. The maximum absolute atomic E-state index is 12.7. The highest BCUT2D eigenvalue weighted by atomic mass is 16.2. The van der Waals surface area contributed by atoms with Crippen LogP contribution in [-0.4, -0.2) is 28.9 Å². The highest BCUT2D eigenvalue weighted by molar-refractivity contribution is 5.84. The van der Waals surface area contributed by atoms with Gasteiger partial charge in [-0.3, -0.25) is 4.79 Å². The number of piperidine rings is 1. The smallest absolute Gasteiger partial charge is 0.240 e. The van der Waals surface area contributed by atoms with Gasteiger partial charge >= 0.3 is 0 Å². The van der Waals surface area contributed by atoms with Gasteiger partial charge in [0.15, 0.2) is 0 Å². The molecule has 100 valence electrons. The van der Waals surface area contributed by atoms with E-state index in [0.29, 0.717) is 18.0 Å². The second kappa shape index (κ2) is 4.07. The molecule has 1 aromatic carbocycles. The van der Waals surface area contributed by atoms with Gasteiger partial charge in [0, 0.05) is 12.1 Å². The molecular formula is C16H20N2O. The minimum Gasteiger partial charge on any atom is -0.330 e. The number of nitrogens with zero attached hydrogens (tertiary/aromatic N) is 1. The zero-order valence-corrected chi connectivity index (χ0v) is 11.3. The molecule has 2 bridgehead atoms. The molecular weight excluding hydrogens is 236 g/mol. The zero-order chi connectivity index (χ0) is 13.0. The van der Waals surface area contributed by atoms with Crippen LogP contribution in [0.5, 0.6) is 0 Å². The molecule has 3 aliphatic heterocycles. The third-order valence-corrected chi connectivity index (χ3v) is 5.02. The third-order valence-electron chi connectivity index (χ3n) is 5.02. The molecule has 3 aliphatic rings. The predicted octanol–water partition coefficient (Wildman–Crippen LogP) is 2.03. The topological polar surface area (TPSA) is 32.3 Å². The molecule has 3 heteroatoms. The second-order valence-corrected chi connectivity index (χ2v) is 6.20. The molecule has 2 fully saturated rings. The number of hydrogen-bond acceptors (Lipinski definition) is 2. The van der Waals surface area contributed by atoms with Crippen molar-refractivity contribution < 1.29 is 4.79 Å². The molecule has 4 rings (SSSR count). The van der Waals surface area contributed by atoms with Crippen molar-refractivity contribution in [2.75, 3.05) is 0 Å². The first-order valence-corrected chi connectivity index (χ1v) is 7.42. The van der Waals surface area contributed by atoms with Gasteiger partial charge in [-0.25, -0.2) is 0 Å². The molecule has 19 heavy (non-hydrogen) atoms. The summed E-state index contributed by atoms with van der Waals surface area (Å²) in [6, 6.07) is 9.76. The number of hydrogen-bond donors (Lipinski definition) is 1. The molecule has 2 saturated heterocycles. The molecule has 0 radical (unpaired) electrons. The number of piperazine rings is 1. The van der Waals surface area contributed by atoms with Gasteiger partial charge in [0.1, 0.15) is 0 Å². The summed E-state index contributed by atoms with van der Waals surface area (Å²) in [4.78, 5) is 14.8. The van der Waals surface area contributed by atoms with Crippen molar-refractivity contribution >= 4 is 5.91 Å². The van der Waals surface area contributed by atoms with Crippen molar-refractivity contribution in [1.82, 2.24) is 10.2 Å². The summed E-state index contributed by atoms with van der Waals surface area (Å²) in [6.07, 6.45) is 4.37. The summed E-state index contributed by atoms with van der Waals surface area (Å²) in [5.41, 5.74) is 2.79. The molecule has 0 aliphatic carbocycles. The molecule has 1 amide bonds. The number of benzene rings is 1. The van der Waals surface area contributed by atoms with Gasteiger partial charge in [0.2, 0.25) is 5.91 Å². The Balaban J connectivity index is 1.83. The molecule has 3 heterocycles. The first-order chi connectivity index (χ1) is 9.25. The van der Waals surface area contributed by atoms with Gasteiger partial charge in [0.05, 0.1) is 12.1 Å². The van der Waals surface area contributed by atoms with Crippen LogP contribution in [0.15, 0.2) is 24.3 Å². The zero-order valence-electron chi connectivity index (χ0n) is 11.3. The Morgan fingerprint density at radius 3 is 3.00 bits per heavy atom. The van der Waals surface area contributed by atoms with Crippen molar-refractivity contribution in [3.63, 3.8) is 0 Å². The average molecular weight is 256 g/mol. The van der Waals surface area contributed by atoms with Gasteiger partial charge in [-0.2, -0.15) is 0 Å². The van der Waals surface area contributed by atoms with Gasteiger partial charge in [-0.05, 0) is 43.7 Å². The summed E-state index contributed by atoms with van der Waals surface area (Å²) >= 11 is 0. The predicted molar refractivity (Wildman–Crippen MR) is 73.8 cm³/mol. The maximum atomic E-state index is 12.7. The van der Waals surface area contributed by atoms with E-state index in [1.54, 1.807) is 0 Å². The van der Waals surface area contributed by atoms with E-state index in [1.807, 2.05) is 0 Å². The molecule has 4 atom stereocenters. The first kappa shape index (κ1) is 11.5. The van der Waals surface area contributed by atoms with Crippen LogP contribution in [0.2, 0.25) is 0 Å². The fourth-order valence-corrected chi connectivity index (χ4v) is 4.20. The molecule has 1 aromatic rings. The average Bonchev–Trinajstić information content (AvgIpc) is 2.44. The summed E-state index contributed by atoms with van der Waals surface area (Å²) < 4.78 is 0. The maximum Gasteiger partial charge on any atom is 0.240 e. The summed E-state index contributed by atoms with van der Waals surface area (Å²) in [5.74, 6) is 0.322. The van der Waals surface area contributed by atoms with E-state index in [4.69, 9.17) is 0 Å². The quantitative estimate of drug-likeness (QED) is 0.770. The van der Waals surface area contributed by atoms with Gasteiger partial charge in [0.25, 0.3) is 0 Å². The number of amides is 1. The van der Waals surface area contributed by atoms with Crippen molar-refractivity contribution in [1.29, 1.82) is 0 Å². The number of nitrogens with one attached hydrogen (secondary N) is 1. The van der Waals surface area contributed by atoms with Gasteiger partial charge in [-0.1, -0.05) is 24.3 Å². The van der Waals surface area contributed by atoms with Crippen LogP contribution in [0.3, 0.4) is 0 Å². The normalized spacial score (nSPS) is 36.7. The van der Waals surface area contributed by atoms with E-state index in [-0.39, 0.29) is 12.1 Å². The first-order valence-electron chi connectivity index (χ1n) is 7.42. The van der Waals surface area contributed by atoms with Crippen molar-refractivity contribution in [2.24, 2.45) is 0 Å². The summed E-state index contributed by atoms with van der Waals surface area (Å²) in [7, 11) is 0. The van der Waals surface area contributed by atoms with E-state index in [9.17, 15) is 4.79 Å². The summed E-state index contributed by atoms with van der Waals surface area (Å²) in [5, 5.41) is 3.57. The van der Waals surface area contributed by atoms with Crippen molar-refractivity contribution in [3.05, 3.63) is 35.4 Å². The Hall–Kier alpha value is -1.35. The molecule has 3 nitrogen and oxygen atoms in total. The lowest BCUT2D eigenvalue weighted by molar-refractivity contribution is -0.146. The highest BCUT2D eigenvalue weighted by Gasteiger charge is 2.47. The fraction of sp³-hybridized carbons (Fsp3) is 0.562. The Labute approximate surface area is 114 Å². The minimum absolute atomic E-state index is 0.0720. The molecule has 0 saturated carbocycles. The van der Waals surface area contributed by atoms with Gasteiger partial charge in [-0.15, -0.1) is 0 Å². The Morgan fingerprint density at radius 1 is 1.26 bits per heavy atom. The van der Waals surface area contributed by atoms with E-state index >= 15 is 0 Å². The number of rotatable bonds is 0. The van der Waals surface area contributed by atoms with Gasteiger partial charge < -0.3 is 10.2 Å². The number of fused-ring (bicyclic) bond motifs is 6. The molecule has 0 aromatic heterocycles. The Morgan fingerprint density at radius 2 is 2.11 bits per heavy atom. The van der Waals surface area contributed by atoms with E-state index in [0.717, 1.165) is 12.8 Å². The van der Waals surface area contributed by atoms with Crippen molar-refractivity contribution in [2.45, 2.75) is 56.8 Å². The standard InChI is InChI=1S/C16H20N2O/c1-10-9-11-5-2-3-6-12(11)15-13-7-4-8-14(17-13)16(19)18(10)15/h2-3,5-6,10,13-15,17H,4,7-9H2,1H3/t10-,13+,14-,15?/m1/s1. The van der Waals surface area contributed by atoms with Crippen LogP contribution < -0.4 is 5.32 Å². The van der Waals surface area contributed by atoms with Crippen LogP contribution in [-0.2, 0) is 11.2 Å². The third kappa shape index (κ3) is 1.57. The van der Waals surface area contributed by atoms with E-state index in [2.05, 4.69) is 41.4 Å². The number of carbonyl (C=O) groups is 1. The molecule has 1 unspecified atom stereocenters. The highest BCUT2D eigenvalue weighted by Crippen LogP contribution is 2.41. The van der Waals surface area contributed by atoms with Crippen molar-refractivity contribution in [3.8, 4) is 0 Å². The van der Waals surface area contributed by atoms with Crippen LogP contribution in [0.1, 0.15) is 43.4 Å². The lowest BCUT2D eigenvalue weighted by Crippen LogP contribution is -2.66. The SMILES string of the molecule is C[C@@H]1Cc2ccccc2C2[C@@H]3CCC[C@@H](N3)C(=O)N21. The Bertz CT molecular complexity index is 527. The minimum atomic E-state index is 0.0720. The number of carbonyl (C=O) groups excluding carboxylic acids is 1. The molecule has 1 N–H and O–H groups in total. The monoisotopic (exact) mass is 256 g/mol. The van der Waals surface area contributed by atoms with E-state index in [1.165, 1.54) is 24.0 Å². The van der Waals surface area contributed by atoms with Crippen LogP contribution in [0.25, 0.3) is 0 Å². The van der Waals surface area contributed by atoms with Crippen LogP contribution >= 0.6 is 0 Å².